The zero-order chi connectivity index (χ0) is 17.0. The zero-order valence-corrected chi connectivity index (χ0v) is 14.7. The highest BCUT2D eigenvalue weighted by Crippen LogP contribution is 2.19. The van der Waals surface area contributed by atoms with Gasteiger partial charge in [-0.05, 0) is 37.1 Å². The van der Waals surface area contributed by atoms with E-state index in [1.807, 2.05) is 0 Å². The first-order valence-corrected chi connectivity index (χ1v) is 10.2. The van der Waals surface area contributed by atoms with E-state index in [0.29, 0.717) is 30.4 Å². The summed E-state index contributed by atoms with van der Waals surface area (Å²) in [4.78, 5) is 16.1. The molecule has 2 aliphatic heterocycles. The number of thioether (sulfide) groups is 1. The monoisotopic (exact) mass is 369 g/mol. The normalized spacial score (nSPS) is 20.7. The summed E-state index contributed by atoms with van der Waals surface area (Å²) in [5, 5.41) is 3.18. The molecular formula is C15H19N3O4S2. The molecule has 1 saturated heterocycles. The number of hydrogen-bond acceptors (Lipinski definition) is 6. The van der Waals surface area contributed by atoms with Gasteiger partial charge in [-0.3, -0.25) is 14.5 Å². The Kier molecular flexibility index (Phi) is 5.42. The van der Waals surface area contributed by atoms with E-state index in [0.717, 1.165) is 18.6 Å². The molecule has 24 heavy (non-hydrogen) atoms. The molecule has 2 aliphatic rings. The van der Waals surface area contributed by atoms with Gasteiger partial charge in [-0.2, -0.15) is 0 Å². The van der Waals surface area contributed by atoms with Crippen LogP contribution in [0.5, 0.6) is 0 Å². The predicted octanol–water partition coefficient (Wildman–Crippen LogP) is 1.58. The molecule has 1 atom stereocenters. The Morgan fingerprint density at radius 2 is 2.12 bits per heavy atom. The lowest BCUT2D eigenvalue weighted by Crippen LogP contribution is -2.27. The van der Waals surface area contributed by atoms with Gasteiger partial charge in [0, 0.05) is 18.0 Å². The van der Waals surface area contributed by atoms with Gasteiger partial charge in [-0.15, -0.1) is 0 Å². The summed E-state index contributed by atoms with van der Waals surface area (Å²) in [6.07, 6.45) is 2.19. The van der Waals surface area contributed by atoms with Crippen molar-refractivity contribution in [3.05, 3.63) is 24.3 Å². The number of rotatable bonds is 5. The van der Waals surface area contributed by atoms with Gasteiger partial charge in [0.2, 0.25) is 5.91 Å². The SMILES string of the molecule is O=C(CC1CCCO1)Nc1ccc(S(=O)(=O)NC2=NCCS2)cc1. The molecule has 1 aromatic rings. The number of nitrogens with one attached hydrogen (secondary N) is 2. The minimum atomic E-state index is -3.64. The molecule has 9 heteroatoms. The quantitative estimate of drug-likeness (QED) is 0.821. The zero-order valence-electron chi connectivity index (χ0n) is 13.0. The van der Waals surface area contributed by atoms with Crippen LogP contribution in [-0.4, -0.2) is 44.5 Å². The van der Waals surface area contributed by atoms with Gasteiger partial charge in [0.15, 0.2) is 5.17 Å². The third-order valence-corrected chi connectivity index (χ3v) is 6.07. The van der Waals surface area contributed by atoms with E-state index < -0.39 is 10.0 Å². The number of carbonyl (C=O) groups is 1. The van der Waals surface area contributed by atoms with Crippen LogP contribution in [0.4, 0.5) is 5.69 Å². The van der Waals surface area contributed by atoms with Crippen molar-refractivity contribution < 1.29 is 17.9 Å². The highest BCUT2D eigenvalue weighted by Gasteiger charge is 2.20. The topological polar surface area (TPSA) is 96.9 Å². The Morgan fingerprint density at radius 3 is 2.75 bits per heavy atom. The van der Waals surface area contributed by atoms with Crippen molar-refractivity contribution in [2.75, 3.05) is 24.2 Å². The van der Waals surface area contributed by atoms with E-state index in [2.05, 4.69) is 15.0 Å². The van der Waals surface area contributed by atoms with Crippen LogP contribution in [0, 0.1) is 0 Å². The van der Waals surface area contributed by atoms with Crippen LogP contribution in [0.15, 0.2) is 34.2 Å². The van der Waals surface area contributed by atoms with Crippen LogP contribution >= 0.6 is 11.8 Å². The Morgan fingerprint density at radius 1 is 1.33 bits per heavy atom. The average Bonchev–Trinajstić information content (AvgIpc) is 3.21. The number of benzene rings is 1. The fourth-order valence-corrected chi connectivity index (χ4v) is 4.54. The first-order valence-electron chi connectivity index (χ1n) is 7.74. The van der Waals surface area contributed by atoms with Gasteiger partial charge in [0.25, 0.3) is 10.0 Å². The number of aliphatic imine (C=N–C) groups is 1. The van der Waals surface area contributed by atoms with Crippen LogP contribution in [0.25, 0.3) is 0 Å². The second-order valence-electron chi connectivity index (χ2n) is 5.55. The van der Waals surface area contributed by atoms with Crippen molar-refractivity contribution >= 4 is 38.5 Å². The molecular weight excluding hydrogens is 350 g/mol. The highest BCUT2D eigenvalue weighted by atomic mass is 32.2. The minimum Gasteiger partial charge on any atom is -0.378 e. The molecule has 3 rings (SSSR count). The number of carbonyl (C=O) groups excluding carboxylic acids is 1. The maximum absolute atomic E-state index is 12.2. The first kappa shape index (κ1) is 17.2. The Hall–Kier alpha value is -1.58. The molecule has 2 heterocycles. The Balaban J connectivity index is 1.59. The molecule has 1 fully saturated rings. The lowest BCUT2D eigenvalue weighted by molar-refractivity contribution is -0.118. The molecule has 0 aliphatic carbocycles. The van der Waals surface area contributed by atoms with Crippen molar-refractivity contribution in [3.8, 4) is 0 Å². The molecule has 1 unspecified atom stereocenters. The van der Waals surface area contributed by atoms with Crippen LogP contribution in [0.1, 0.15) is 19.3 Å². The fourth-order valence-electron chi connectivity index (χ4n) is 2.51. The smallest absolute Gasteiger partial charge is 0.263 e. The maximum Gasteiger partial charge on any atom is 0.263 e. The number of anilines is 1. The molecule has 0 aromatic heterocycles. The molecule has 0 bridgehead atoms. The predicted molar refractivity (Wildman–Crippen MR) is 93.7 cm³/mol. The molecule has 0 spiro atoms. The van der Waals surface area contributed by atoms with E-state index in [1.165, 1.54) is 23.9 Å². The lowest BCUT2D eigenvalue weighted by atomic mass is 10.2. The number of sulfonamides is 1. The summed E-state index contributed by atoms with van der Waals surface area (Å²) >= 11 is 1.38. The van der Waals surface area contributed by atoms with E-state index in [9.17, 15) is 13.2 Å². The average molecular weight is 369 g/mol. The van der Waals surface area contributed by atoms with Crippen LogP contribution in [-0.2, 0) is 19.6 Å². The third kappa shape index (κ3) is 4.49. The fraction of sp³-hybridized carbons (Fsp3) is 0.467. The minimum absolute atomic E-state index is 0.0152. The van der Waals surface area contributed by atoms with E-state index >= 15 is 0 Å². The van der Waals surface area contributed by atoms with Crippen molar-refractivity contribution in [1.29, 1.82) is 0 Å². The van der Waals surface area contributed by atoms with Crippen molar-refractivity contribution in [1.82, 2.24) is 4.72 Å². The van der Waals surface area contributed by atoms with Crippen molar-refractivity contribution in [3.63, 3.8) is 0 Å². The van der Waals surface area contributed by atoms with Crippen LogP contribution < -0.4 is 10.0 Å². The third-order valence-electron chi connectivity index (χ3n) is 3.69. The molecule has 1 aromatic carbocycles. The number of amidine groups is 1. The number of amides is 1. The summed E-state index contributed by atoms with van der Waals surface area (Å²) in [7, 11) is -3.64. The largest absolute Gasteiger partial charge is 0.378 e. The van der Waals surface area contributed by atoms with Gasteiger partial charge in [0.05, 0.1) is 24.0 Å². The van der Waals surface area contributed by atoms with Gasteiger partial charge < -0.3 is 10.1 Å². The van der Waals surface area contributed by atoms with E-state index in [1.54, 1.807) is 12.1 Å². The number of ether oxygens (including phenoxy) is 1. The van der Waals surface area contributed by atoms with Crippen molar-refractivity contribution in [2.45, 2.75) is 30.3 Å². The molecule has 0 saturated carbocycles. The second-order valence-corrected chi connectivity index (χ2v) is 8.32. The van der Waals surface area contributed by atoms with Crippen LogP contribution in [0.3, 0.4) is 0 Å². The van der Waals surface area contributed by atoms with E-state index in [4.69, 9.17) is 4.74 Å². The number of hydrogen-bond donors (Lipinski definition) is 2. The molecule has 2 N–H and O–H groups in total. The summed E-state index contributed by atoms with van der Waals surface area (Å²) in [6, 6.07) is 6.07. The van der Waals surface area contributed by atoms with Gasteiger partial charge in [0.1, 0.15) is 0 Å². The summed E-state index contributed by atoms with van der Waals surface area (Å²) < 4.78 is 32.4. The standard InChI is InChI=1S/C15H19N3O4S2/c19-14(10-12-2-1-8-22-12)17-11-3-5-13(6-4-11)24(20,21)18-15-16-7-9-23-15/h3-6,12H,1-2,7-10H2,(H,16,18)(H,17,19). The molecule has 7 nitrogen and oxygen atoms in total. The Labute approximate surface area is 145 Å². The lowest BCUT2D eigenvalue weighted by Gasteiger charge is -2.11. The van der Waals surface area contributed by atoms with Gasteiger partial charge in [-0.25, -0.2) is 8.42 Å². The first-order chi connectivity index (χ1) is 11.5. The number of nitrogens with zero attached hydrogens (tertiary/aromatic N) is 1. The van der Waals surface area contributed by atoms with Crippen molar-refractivity contribution in [2.24, 2.45) is 4.99 Å². The molecule has 130 valence electrons. The molecule has 0 radical (unpaired) electrons. The Bertz CT molecular complexity index is 726. The second kappa shape index (κ2) is 7.54. The maximum atomic E-state index is 12.2. The summed E-state index contributed by atoms with van der Waals surface area (Å²) in [5.41, 5.74) is 0.560. The van der Waals surface area contributed by atoms with E-state index in [-0.39, 0.29) is 16.9 Å². The molecule has 1 amide bonds. The summed E-state index contributed by atoms with van der Waals surface area (Å²) in [6.45, 7) is 1.33. The van der Waals surface area contributed by atoms with Gasteiger partial charge >= 0.3 is 0 Å². The van der Waals surface area contributed by atoms with Crippen LogP contribution in [0.2, 0.25) is 0 Å². The van der Waals surface area contributed by atoms with Gasteiger partial charge in [-0.1, -0.05) is 11.8 Å². The highest BCUT2D eigenvalue weighted by molar-refractivity contribution is 8.15. The summed E-state index contributed by atoms with van der Waals surface area (Å²) in [5.74, 6) is 0.653.